The number of thiazole rings is 1. The molecule has 1 fully saturated rings. The van der Waals surface area contributed by atoms with E-state index in [-0.39, 0.29) is 23.5 Å². The first-order valence-corrected chi connectivity index (χ1v) is 15.0. The molecule has 1 saturated heterocycles. The van der Waals surface area contributed by atoms with Crippen LogP contribution in [-0.2, 0) is 11.2 Å². The molecule has 2 aromatic carbocycles. The standard InChI is InChI=1S/C26H26N6O3S3/c1-2-22-30-31-25(38-22)29-21(33)15-36-26-28-19-11-10-16(14-20(19)37-26)27-23(34)17-8-4-5-9-18(17)24(35)32-12-6-3-7-13-32/h4-5,8-11,14H,2-3,6-7,12-13,15H2,1H3,(H,27,34)(H,29,31,33). The van der Waals surface area contributed by atoms with Gasteiger partial charge in [-0.05, 0) is 56.0 Å². The number of piperidine rings is 1. The summed E-state index contributed by atoms with van der Waals surface area (Å²) in [4.78, 5) is 45.0. The highest BCUT2D eigenvalue weighted by Gasteiger charge is 2.23. The Labute approximate surface area is 232 Å². The number of hydrogen-bond acceptors (Lipinski definition) is 9. The highest BCUT2D eigenvalue weighted by Crippen LogP contribution is 2.31. The van der Waals surface area contributed by atoms with E-state index < -0.39 is 0 Å². The Bertz CT molecular complexity index is 1480. The van der Waals surface area contributed by atoms with Crippen LogP contribution in [0.3, 0.4) is 0 Å². The van der Waals surface area contributed by atoms with Crippen LogP contribution >= 0.6 is 34.4 Å². The van der Waals surface area contributed by atoms with E-state index >= 15 is 0 Å². The molecule has 3 heterocycles. The molecule has 5 rings (SSSR count). The van der Waals surface area contributed by atoms with Crippen LogP contribution < -0.4 is 10.6 Å². The Hall–Kier alpha value is -3.35. The second kappa shape index (κ2) is 12.0. The van der Waals surface area contributed by atoms with E-state index in [1.165, 1.54) is 34.4 Å². The summed E-state index contributed by atoms with van der Waals surface area (Å²) in [5.41, 5.74) is 2.18. The molecule has 1 aliphatic rings. The van der Waals surface area contributed by atoms with Gasteiger partial charge >= 0.3 is 0 Å². The first-order chi connectivity index (χ1) is 18.5. The summed E-state index contributed by atoms with van der Waals surface area (Å²) in [5.74, 6) is -0.398. The molecule has 0 bridgehead atoms. The third-order valence-electron chi connectivity index (χ3n) is 6.01. The molecule has 0 radical (unpaired) electrons. The number of hydrogen-bond donors (Lipinski definition) is 2. The summed E-state index contributed by atoms with van der Waals surface area (Å²) in [7, 11) is 0. The molecule has 4 aromatic rings. The summed E-state index contributed by atoms with van der Waals surface area (Å²) < 4.78 is 1.64. The number of rotatable bonds is 8. The van der Waals surface area contributed by atoms with E-state index in [9.17, 15) is 14.4 Å². The molecule has 3 amide bonds. The molecule has 0 atom stereocenters. The first-order valence-electron chi connectivity index (χ1n) is 12.4. The minimum Gasteiger partial charge on any atom is -0.339 e. The van der Waals surface area contributed by atoms with Gasteiger partial charge < -0.3 is 10.2 Å². The van der Waals surface area contributed by atoms with E-state index in [0.29, 0.717) is 21.9 Å². The van der Waals surface area contributed by atoms with Crippen molar-refractivity contribution in [2.45, 2.75) is 36.9 Å². The molecular formula is C26H26N6O3S3. The SMILES string of the molecule is CCc1nnc(NC(=O)CSc2nc3ccc(NC(=O)c4ccccc4C(=O)N4CCCCC4)cc3s2)s1. The minimum absolute atomic E-state index is 0.101. The molecule has 0 spiro atoms. The van der Waals surface area contributed by atoms with Gasteiger partial charge in [0.15, 0.2) is 4.34 Å². The number of amides is 3. The van der Waals surface area contributed by atoms with Crippen LogP contribution in [0, 0.1) is 0 Å². The number of aromatic nitrogens is 3. The lowest BCUT2D eigenvalue weighted by Gasteiger charge is -2.27. The van der Waals surface area contributed by atoms with E-state index in [0.717, 1.165) is 58.3 Å². The highest BCUT2D eigenvalue weighted by molar-refractivity contribution is 8.01. The van der Waals surface area contributed by atoms with Crippen molar-refractivity contribution in [2.75, 3.05) is 29.5 Å². The molecule has 9 nitrogen and oxygen atoms in total. The van der Waals surface area contributed by atoms with Crippen LogP contribution in [0.2, 0.25) is 0 Å². The van der Waals surface area contributed by atoms with Gasteiger partial charge in [-0.25, -0.2) is 4.98 Å². The summed E-state index contributed by atoms with van der Waals surface area (Å²) in [6.45, 7) is 3.43. The van der Waals surface area contributed by atoms with Gasteiger partial charge in [0.1, 0.15) is 5.01 Å². The van der Waals surface area contributed by atoms with E-state index in [1.807, 2.05) is 24.0 Å². The van der Waals surface area contributed by atoms with Crippen molar-refractivity contribution in [1.29, 1.82) is 0 Å². The van der Waals surface area contributed by atoms with Crippen LogP contribution in [0.25, 0.3) is 10.2 Å². The predicted molar refractivity (Wildman–Crippen MR) is 152 cm³/mol. The third-order valence-corrected chi connectivity index (χ3v) is 9.16. The predicted octanol–water partition coefficient (Wildman–Crippen LogP) is 5.32. The average molecular weight is 567 g/mol. The smallest absolute Gasteiger partial charge is 0.256 e. The fourth-order valence-corrected chi connectivity index (χ4v) is 6.71. The Kier molecular flexibility index (Phi) is 8.30. The topological polar surface area (TPSA) is 117 Å². The lowest BCUT2D eigenvalue weighted by atomic mass is 10.0. The lowest BCUT2D eigenvalue weighted by molar-refractivity contribution is -0.113. The average Bonchev–Trinajstić information content (AvgIpc) is 3.58. The molecule has 0 saturated carbocycles. The molecule has 2 N–H and O–H groups in total. The Balaban J connectivity index is 1.23. The number of aryl methyl sites for hydroxylation is 1. The molecule has 1 aliphatic heterocycles. The maximum atomic E-state index is 13.2. The normalized spacial score (nSPS) is 13.4. The van der Waals surface area contributed by atoms with Crippen molar-refractivity contribution < 1.29 is 14.4 Å². The number of fused-ring (bicyclic) bond motifs is 1. The van der Waals surface area contributed by atoms with Crippen LogP contribution in [0.1, 0.15) is 51.9 Å². The van der Waals surface area contributed by atoms with Gasteiger partial charge in [-0.3, -0.25) is 19.7 Å². The van der Waals surface area contributed by atoms with Gasteiger partial charge in [0.2, 0.25) is 11.0 Å². The van der Waals surface area contributed by atoms with Gasteiger partial charge in [-0.2, -0.15) is 0 Å². The van der Waals surface area contributed by atoms with Crippen molar-refractivity contribution in [1.82, 2.24) is 20.1 Å². The van der Waals surface area contributed by atoms with E-state index in [2.05, 4.69) is 25.8 Å². The number of nitrogens with one attached hydrogen (secondary N) is 2. The van der Waals surface area contributed by atoms with Gasteiger partial charge in [0, 0.05) is 18.8 Å². The number of thioether (sulfide) groups is 1. The quantitative estimate of drug-likeness (QED) is 0.277. The van der Waals surface area contributed by atoms with Crippen molar-refractivity contribution >= 4 is 73.2 Å². The molecule has 38 heavy (non-hydrogen) atoms. The van der Waals surface area contributed by atoms with Gasteiger partial charge in [-0.1, -0.05) is 42.2 Å². The zero-order chi connectivity index (χ0) is 26.5. The van der Waals surface area contributed by atoms with Crippen molar-refractivity contribution in [3.63, 3.8) is 0 Å². The van der Waals surface area contributed by atoms with E-state index in [1.54, 1.807) is 30.3 Å². The number of benzene rings is 2. The zero-order valence-corrected chi connectivity index (χ0v) is 23.2. The third kappa shape index (κ3) is 6.20. The van der Waals surface area contributed by atoms with Crippen LogP contribution in [0.4, 0.5) is 10.8 Å². The molecule has 12 heteroatoms. The second-order valence-electron chi connectivity index (χ2n) is 8.71. The van der Waals surface area contributed by atoms with Gasteiger partial charge in [0.05, 0.1) is 27.1 Å². The molecule has 2 aromatic heterocycles. The van der Waals surface area contributed by atoms with Crippen molar-refractivity contribution in [3.05, 3.63) is 58.6 Å². The number of nitrogens with zero attached hydrogens (tertiary/aromatic N) is 4. The first kappa shape index (κ1) is 26.3. The number of carbonyl (C=O) groups is 3. The van der Waals surface area contributed by atoms with Crippen molar-refractivity contribution in [3.8, 4) is 0 Å². The molecular weight excluding hydrogens is 541 g/mol. The Morgan fingerprint density at radius 1 is 0.974 bits per heavy atom. The lowest BCUT2D eigenvalue weighted by Crippen LogP contribution is -2.36. The maximum Gasteiger partial charge on any atom is 0.256 e. The van der Waals surface area contributed by atoms with Crippen LogP contribution in [0.5, 0.6) is 0 Å². The summed E-state index contributed by atoms with van der Waals surface area (Å²) in [6, 6.07) is 12.4. The molecule has 0 aliphatic carbocycles. The second-order valence-corrected chi connectivity index (χ2v) is 12.0. The fraction of sp³-hybridized carbons (Fsp3) is 0.308. The van der Waals surface area contributed by atoms with E-state index in [4.69, 9.17) is 0 Å². The van der Waals surface area contributed by atoms with Crippen LogP contribution in [-0.4, -0.2) is 56.6 Å². The number of likely N-dealkylation sites (tertiary alicyclic amines) is 1. The fourth-order valence-electron chi connectivity index (χ4n) is 4.11. The Morgan fingerprint density at radius 2 is 1.76 bits per heavy atom. The summed E-state index contributed by atoms with van der Waals surface area (Å²) in [5, 5.41) is 15.0. The number of carbonyl (C=O) groups excluding carboxylic acids is 3. The van der Waals surface area contributed by atoms with Gasteiger partial charge in [0.25, 0.3) is 11.8 Å². The molecule has 196 valence electrons. The zero-order valence-electron chi connectivity index (χ0n) is 20.7. The Morgan fingerprint density at radius 3 is 2.53 bits per heavy atom. The molecule has 0 unspecified atom stereocenters. The van der Waals surface area contributed by atoms with Gasteiger partial charge in [-0.15, -0.1) is 21.5 Å². The summed E-state index contributed by atoms with van der Waals surface area (Å²) >= 11 is 4.16. The van der Waals surface area contributed by atoms with Crippen LogP contribution in [0.15, 0.2) is 46.8 Å². The largest absolute Gasteiger partial charge is 0.339 e. The summed E-state index contributed by atoms with van der Waals surface area (Å²) in [6.07, 6.45) is 3.88. The number of anilines is 2. The maximum absolute atomic E-state index is 13.2. The highest BCUT2D eigenvalue weighted by atomic mass is 32.2. The minimum atomic E-state index is -0.330. The monoisotopic (exact) mass is 566 g/mol. The van der Waals surface area contributed by atoms with Crippen molar-refractivity contribution in [2.24, 2.45) is 0 Å².